The van der Waals surface area contributed by atoms with Gasteiger partial charge in [0.15, 0.2) is 0 Å². The molecule has 6 heteroatoms. The lowest BCUT2D eigenvalue weighted by atomic mass is 10.2. The van der Waals surface area contributed by atoms with Crippen molar-refractivity contribution in [1.29, 1.82) is 0 Å². The third-order valence-electron chi connectivity index (χ3n) is 3.28. The molecule has 0 bridgehead atoms. The summed E-state index contributed by atoms with van der Waals surface area (Å²) in [5.41, 5.74) is 2.65. The van der Waals surface area contributed by atoms with E-state index in [-0.39, 0.29) is 0 Å². The quantitative estimate of drug-likeness (QED) is 0.471. The first-order valence-corrected chi connectivity index (χ1v) is 8.36. The van der Waals surface area contributed by atoms with Crippen LogP contribution in [0.1, 0.15) is 0 Å². The van der Waals surface area contributed by atoms with Gasteiger partial charge in [0, 0.05) is 30.5 Å². The molecule has 0 saturated carbocycles. The van der Waals surface area contributed by atoms with Gasteiger partial charge < -0.3 is 9.64 Å². The van der Waals surface area contributed by atoms with Crippen LogP contribution in [-0.2, 0) is 0 Å². The number of ether oxygens (including phenoxy) is 1. The minimum atomic E-state index is 0.565. The lowest BCUT2D eigenvalue weighted by Gasteiger charge is -2.22. The molecule has 0 N–H and O–H groups in total. The van der Waals surface area contributed by atoms with E-state index in [0.717, 1.165) is 35.9 Å². The van der Waals surface area contributed by atoms with Crippen molar-refractivity contribution in [2.45, 2.75) is 0 Å². The van der Waals surface area contributed by atoms with Gasteiger partial charge in [-0.15, -0.1) is 23.2 Å². The van der Waals surface area contributed by atoms with Crippen LogP contribution < -0.4 is 9.64 Å². The summed E-state index contributed by atoms with van der Waals surface area (Å²) in [4.78, 5) is 2.14. The second kappa shape index (κ2) is 9.38. The Morgan fingerprint density at radius 1 is 0.826 bits per heavy atom. The van der Waals surface area contributed by atoms with Gasteiger partial charge in [-0.05, 0) is 48.5 Å². The highest BCUT2D eigenvalue weighted by molar-refractivity contribution is 6.18. The summed E-state index contributed by atoms with van der Waals surface area (Å²) < 4.78 is 5.11. The second-order valence-electron chi connectivity index (χ2n) is 4.78. The monoisotopic (exact) mass is 351 g/mol. The number of benzene rings is 2. The van der Waals surface area contributed by atoms with E-state index in [1.165, 1.54) is 0 Å². The summed E-state index contributed by atoms with van der Waals surface area (Å²) in [6.07, 6.45) is 0. The molecule has 0 aromatic heterocycles. The molecule has 0 radical (unpaired) electrons. The Labute approximate surface area is 146 Å². The Hall–Kier alpha value is -1.78. The minimum absolute atomic E-state index is 0.565. The first kappa shape index (κ1) is 17.6. The Morgan fingerprint density at radius 2 is 1.30 bits per heavy atom. The second-order valence-corrected chi connectivity index (χ2v) is 5.54. The van der Waals surface area contributed by atoms with E-state index in [1.54, 1.807) is 7.11 Å². The van der Waals surface area contributed by atoms with Gasteiger partial charge in [0.2, 0.25) is 0 Å². The molecule has 2 aromatic rings. The molecular formula is C17H19Cl2N3O. The molecule has 0 spiro atoms. The number of azo groups is 1. The highest BCUT2D eigenvalue weighted by atomic mass is 35.5. The summed E-state index contributed by atoms with van der Waals surface area (Å²) in [6, 6.07) is 15.3. The zero-order valence-electron chi connectivity index (χ0n) is 13.0. The number of alkyl halides is 2. The van der Waals surface area contributed by atoms with Crippen LogP contribution >= 0.6 is 23.2 Å². The van der Waals surface area contributed by atoms with Gasteiger partial charge >= 0.3 is 0 Å². The molecule has 0 aliphatic heterocycles. The predicted molar refractivity (Wildman–Crippen MR) is 97.3 cm³/mol. The fourth-order valence-electron chi connectivity index (χ4n) is 2.07. The Kier molecular flexibility index (Phi) is 7.17. The van der Waals surface area contributed by atoms with Crippen LogP contribution in [0, 0.1) is 0 Å². The predicted octanol–water partition coefficient (Wildman–Crippen LogP) is 5.39. The summed E-state index contributed by atoms with van der Waals surface area (Å²) >= 11 is 11.7. The molecule has 0 amide bonds. The van der Waals surface area contributed by atoms with E-state index < -0.39 is 0 Å². The number of methoxy groups -OCH3 is 1. The first-order chi connectivity index (χ1) is 11.3. The van der Waals surface area contributed by atoms with E-state index >= 15 is 0 Å². The normalized spacial score (nSPS) is 10.9. The smallest absolute Gasteiger partial charge is 0.119 e. The molecular weight excluding hydrogens is 333 g/mol. The Bertz CT molecular complexity index is 609. The maximum atomic E-state index is 5.83. The average molecular weight is 352 g/mol. The third kappa shape index (κ3) is 5.41. The SMILES string of the molecule is COc1ccc(N=Nc2ccc(N(CCCl)CCCl)cc2)cc1. The minimum Gasteiger partial charge on any atom is -0.497 e. The van der Waals surface area contributed by atoms with Crippen LogP contribution in [0.2, 0.25) is 0 Å². The van der Waals surface area contributed by atoms with Crippen molar-refractivity contribution in [1.82, 2.24) is 0 Å². The van der Waals surface area contributed by atoms with Crippen molar-refractivity contribution >= 4 is 40.3 Å². The molecule has 0 saturated heterocycles. The van der Waals surface area contributed by atoms with Crippen LogP contribution in [0.5, 0.6) is 5.75 Å². The number of anilines is 1. The average Bonchev–Trinajstić information content (AvgIpc) is 2.61. The number of rotatable bonds is 8. The lowest BCUT2D eigenvalue weighted by molar-refractivity contribution is 0.415. The highest BCUT2D eigenvalue weighted by Gasteiger charge is 2.04. The standard InChI is InChI=1S/C17H19Cl2N3O/c1-23-17-8-4-15(5-9-17)21-20-14-2-6-16(7-3-14)22(12-10-18)13-11-19/h2-9H,10-13H2,1H3. The van der Waals surface area contributed by atoms with E-state index in [9.17, 15) is 0 Å². The van der Waals surface area contributed by atoms with Gasteiger partial charge in [-0.25, -0.2) is 0 Å². The molecule has 23 heavy (non-hydrogen) atoms. The fraction of sp³-hybridized carbons (Fsp3) is 0.294. The summed E-state index contributed by atoms with van der Waals surface area (Å²) in [7, 11) is 1.63. The Morgan fingerprint density at radius 3 is 1.74 bits per heavy atom. The van der Waals surface area contributed by atoms with E-state index in [1.807, 2.05) is 48.5 Å². The van der Waals surface area contributed by atoms with Crippen molar-refractivity contribution < 1.29 is 4.74 Å². The molecule has 2 rings (SSSR count). The van der Waals surface area contributed by atoms with Crippen LogP contribution in [-0.4, -0.2) is 32.0 Å². The number of nitrogens with zero attached hydrogens (tertiary/aromatic N) is 3. The summed E-state index contributed by atoms with van der Waals surface area (Å²) in [5.74, 6) is 1.93. The maximum absolute atomic E-state index is 5.83. The van der Waals surface area contributed by atoms with E-state index in [2.05, 4.69) is 15.1 Å². The maximum Gasteiger partial charge on any atom is 0.119 e. The number of halogens is 2. The van der Waals surface area contributed by atoms with Gasteiger partial charge in [-0.1, -0.05) is 0 Å². The third-order valence-corrected chi connectivity index (χ3v) is 3.62. The summed E-state index contributed by atoms with van der Waals surface area (Å²) in [6.45, 7) is 1.53. The molecule has 0 fully saturated rings. The van der Waals surface area contributed by atoms with Gasteiger partial charge in [-0.3, -0.25) is 0 Å². The van der Waals surface area contributed by atoms with E-state index in [0.29, 0.717) is 11.8 Å². The topological polar surface area (TPSA) is 37.2 Å². The Balaban J connectivity index is 2.04. The molecule has 0 atom stereocenters. The fourth-order valence-corrected chi connectivity index (χ4v) is 2.48. The largest absolute Gasteiger partial charge is 0.497 e. The lowest BCUT2D eigenvalue weighted by Crippen LogP contribution is -2.27. The van der Waals surface area contributed by atoms with Crippen molar-refractivity contribution in [2.24, 2.45) is 10.2 Å². The molecule has 0 aliphatic rings. The number of hydrogen-bond acceptors (Lipinski definition) is 4. The molecule has 0 heterocycles. The van der Waals surface area contributed by atoms with E-state index in [4.69, 9.17) is 27.9 Å². The van der Waals surface area contributed by atoms with Crippen molar-refractivity contribution in [3.63, 3.8) is 0 Å². The van der Waals surface area contributed by atoms with Crippen LogP contribution in [0.15, 0.2) is 58.8 Å². The van der Waals surface area contributed by atoms with Gasteiger partial charge in [0.25, 0.3) is 0 Å². The molecule has 2 aromatic carbocycles. The van der Waals surface area contributed by atoms with Crippen molar-refractivity contribution in [3.05, 3.63) is 48.5 Å². The van der Waals surface area contributed by atoms with Gasteiger partial charge in [0.05, 0.1) is 18.5 Å². The number of hydrogen-bond donors (Lipinski definition) is 0. The van der Waals surface area contributed by atoms with Crippen molar-refractivity contribution in [2.75, 3.05) is 36.9 Å². The molecule has 0 aliphatic carbocycles. The van der Waals surface area contributed by atoms with Crippen LogP contribution in [0.4, 0.5) is 17.1 Å². The summed E-state index contributed by atoms with van der Waals surface area (Å²) in [5, 5.41) is 8.45. The van der Waals surface area contributed by atoms with Crippen molar-refractivity contribution in [3.8, 4) is 5.75 Å². The molecule has 4 nitrogen and oxygen atoms in total. The van der Waals surface area contributed by atoms with Crippen LogP contribution in [0.3, 0.4) is 0 Å². The molecule has 122 valence electrons. The first-order valence-electron chi connectivity index (χ1n) is 7.29. The zero-order valence-corrected chi connectivity index (χ0v) is 14.5. The van der Waals surface area contributed by atoms with Gasteiger partial charge in [0.1, 0.15) is 5.75 Å². The highest BCUT2D eigenvalue weighted by Crippen LogP contribution is 2.23. The zero-order chi connectivity index (χ0) is 16.5. The molecule has 0 unspecified atom stereocenters. The van der Waals surface area contributed by atoms with Crippen LogP contribution in [0.25, 0.3) is 0 Å². The van der Waals surface area contributed by atoms with Gasteiger partial charge in [-0.2, -0.15) is 10.2 Å².